The molecule has 1 aromatic carbocycles. The highest BCUT2D eigenvalue weighted by Crippen LogP contribution is 2.06. The summed E-state index contributed by atoms with van der Waals surface area (Å²) in [6.45, 7) is 3.66. The zero-order valence-corrected chi connectivity index (χ0v) is 12.1. The number of carbonyl (C=O) groups excluding carboxylic acids is 1. The lowest BCUT2D eigenvalue weighted by Crippen LogP contribution is -2.29. The number of nitrogens with one attached hydrogen (secondary N) is 1. The van der Waals surface area contributed by atoms with E-state index in [2.05, 4.69) is 5.32 Å². The van der Waals surface area contributed by atoms with E-state index in [9.17, 15) is 9.90 Å². The lowest BCUT2D eigenvalue weighted by atomic mass is 10.1. The first-order valence-corrected chi connectivity index (χ1v) is 6.76. The molecule has 0 spiro atoms. The minimum absolute atomic E-state index is 0.0184. The van der Waals surface area contributed by atoms with E-state index in [0.29, 0.717) is 26.3 Å². The summed E-state index contributed by atoms with van der Waals surface area (Å²) in [6, 6.07) is 8.03. The number of carbonyl (C=O) groups is 1. The maximum Gasteiger partial charge on any atom is 0.308 e. The van der Waals surface area contributed by atoms with Gasteiger partial charge < -0.3 is 19.9 Å². The fraction of sp³-hybridized carbons (Fsp3) is 0.533. The van der Waals surface area contributed by atoms with Gasteiger partial charge in [-0.15, -0.1) is 0 Å². The lowest BCUT2D eigenvalue weighted by Gasteiger charge is -2.11. The van der Waals surface area contributed by atoms with Crippen molar-refractivity contribution in [3.05, 3.63) is 35.4 Å². The van der Waals surface area contributed by atoms with Crippen molar-refractivity contribution < 1.29 is 19.4 Å². The number of rotatable bonds is 9. The van der Waals surface area contributed by atoms with Gasteiger partial charge in [0.05, 0.1) is 25.7 Å². The highest BCUT2D eigenvalue weighted by atomic mass is 16.5. The lowest BCUT2D eigenvalue weighted by molar-refractivity contribution is -0.145. The van der Waals surface area contributed by atoms with Gasteiger partial charge in [0, 0.05) is 20.2 Å². The van der Waals surface area contributed by atoms with Crippen LogP contribution in [0, 0.1) is 0 Å². The third kappa shape index (κ3) is 6.65. The SMILES string of the molecule is CCOC(=O)CC(O)CNCc1cccc(COC)c1. The Morgan fingerprint density at radius 2 is 2.15 bits per heavy atom. The number of benzene rings is 1. The predicted molar refractivity (Wildman–Crippen MR) is 76.1 cm³/mol. The molecule has 0 aliphatic heterocycles. The van der Waals surface area contributed by atoms with Crippen LogP contribution in [0.2, 0.25) is 0 Å². The van der Waals surface area contributed by atoms with E-state index in [0.717, 1.165) is 11.1 Å². The Hall–Kier alpha value is -1.43. The molecule has 0 bridgehead atoms. The summed E-state index contributed by atoms with van der Waals surface area (Å²) in [5.74, 6) is -0.371. The molecule has 1 unspecified atom stereocenters. The van der Waals surface area contributed by atoms with E-state index in [1.807, 2.05) is 24.3 Å². The molecule has 5 heteroatoms. The maximum atomic E-state index is 11.2. The molecule has 5 nitrogen and oxygen atoms in total. The summed E-state index contributed by atoms with van der Waals surface area (Å²) in [5.41, 5.74) is 2.22. The number of hydrogen-bond donors (Lipinski definition) is 2. The zero-order valence-electron chi connectivity index (χ0n) is 12.1. The Labute approximate surface area is 119 Å². The molecule has 0 aliphatic carbocycles. The van der Waals surface area contributed by atoms with Crippen LogP contribution in [-0.2, 0) is 27.4 Å². The van der Waals surface area contributed by atoms with Crippen LogP contribution >= 0.6 is 0 Å². The Morgan fingerprint density at radius 3 is 2.85 bits per heavy atom. The average molecular weight is 281 g/mol. The molecule has 0 radical (unpaired) electrons. The van der Waals surface area contributed by atoms with Crippen molar-refractivity contribution in [1.82, 2.24) is 5.32 Å². The van der Waals surface area contributed by atoms with Gasteiger partial charge in [0.15, 0.2) is 0 Å². The molecule has 1 atom stereocenters. The van der Waals surface area contributed by atoms with Crippen molar-refractivity contribution >= 4 is 5.97 Å². The molecular weight excluding hydrogens is 258 g/mol. The van der Waals surface area contributed by atoms with Gasteiger partial charge in [-0.3, -0.25) is 4.79 Å². The number of aliphatic hydroxyl groups is 1. The topological polar surface area (TPSA) is 67.8 Å². The van der Waals surface area contributed by atoms with Gasteiger partial charge in [-0.25, -0.2) is 0 Å². The Balaban J connectivity index is 2.29. The molecule has 20 heavy (non-hydrogen) atoms. The number of aliphatic hydroxyl groups excluding tert-OH is 1. The van der Waals surface area contributed by atoms with Gasteiger partial charge in [0.25, 0.3) is 0 Å². The summed E-state index contributed by atoms with van der Waals surface area (Å²) < 4.78 is 9.86. The largest absolute Gasteiger partial charge is 0.466 e. The molecule has 0 fully saturated rings. The van der Waals surface area contributed by atoms with Crippen molar-refractivity contribution in [2.45, 2.75) is 32.6 Å². The van der Waals surface area contributed by atoms with Crippen molar-refractivity contribution in [1.29, 1.82) is 0 Å². The molecule has 0 saturated heterocycles. The minimum atomic E-state index is -0.726. The molecule has 0 aromatic heterocycles. The maximum absolute atomic E-state index is 11.2. The van der Waals surface area contributed by atoms with Gasteiger partial charge in [0.1, 0.15) is 0 Å². The fourth-order valence-electron chi connectivity index (χ4n) is 1.86. The molecule has 112 valence electrons. The minimum Gasteiger partial charge on any atom is -0.466 e. The zero-order chi connectivity index (χ0) is 14.8. The third-order valence-corrected chi connectivity index (χ3v) is 2.72. The summed E-state index contributed by atoms with van der Waals surface area (Å²) >= 11 is 0. The van der Waals surface area contributed by atoms with E-state index in [1.54, 1.807) is 14.0 Å². The fourth-order valence-corrected chi connectivity index (χ4v) is 1.86. The molecular formula is C15H23NO4. The van der Waals surface area contributed by atoms with E-state index in [4.69, 9.17) is 9.47 Å². The van der Waals surface area contributed by atoms with Gasteiger partial charge in [-0.2, -0.15) is 0 Å². The van der Waals surface area contributed by atoms with E-state index in [-0.39, 0.29) is 12.4 Å². The van der Waals surface area contributed by atoms with Crippen LogP contribution in [0.4, 0.5) is 0 Å². The molecule has 0 amide bonds. The second kappa shape index (κ2) is 9.47. The van der Waals surface area contributed by atoms with Crippen molar-refractivity contribution in [3.63, 3.8) is 0 Å². The highest BCUT2D eigenvalue weighted by Gasteiger charge is 2.10. The highest BCUT2D eigenvalue weighted by molar-refractivity contribution is 5.69. The second-order valence-corrected chi connectivity index (χ2v) is 4.55. The third-order valence-electron chi connectivity index (χ3n) is 2.72. The first-order valence-electron chi connectivity index (χ1n) is 6.76. The molecule has 1 rings (SSSR count). The quantitative estimate of drug-likeness (QED) is 0.667. The van der Waals surface area contributed by atoms with Gasteiger partial charge >= 0.3 is 5.97 Å². The second-order valence-electron chi connectivity index (χ2n) is 4.55. The molecule has 0 aliphatic rings. The first-order chi connectivity index (χ1) is 9.65. The van der Waals surface area contributed by atoms with Crippen LogP contribution in [0.3, 0.4) is 0 Å². The smallest absolute Gasteiger partial charge is 0.308 e. The molecule has 1 aromatic rings. The van der Waals surface area contributed by atoms with Crippen LogP contribution in [0.5, 0.6) is 0 Å². The van der Waals surface area contributed by atoms with Gasteiger partial charge in [-0.1, -0.05) is 24.3 Å². The normalized spacial score (nSPS) is 12.2. The standard InChI is InChI=1S/C15H23NO4/c1-3-20-15(18)8-14(17)10-16-9-12-5-4-6-13(7-12)11-19-2/h4-7,14,16-17H,3,8-11H2,1-2H3. The summed E-state index contributed by atoms with van der Waals surface area (Å²) in [4.78, 5) is 11.2. The summed E-state index contributed by atoms with van der Waals surface area (Å²) in [7, 11) is 1.66. The molecule has 0 saturated carbocycles. The monoisotopic (exact) mass is 281 g/mol. The van der Waals surface area contributed by atoms with Crippen LogP contribution in [-0.4, -0.2) is 37.4 Å². The van der Waals surface area contributed by atoms with E-state index < -0.39 is 6.10 Å². The Morgan fingerprint density at radius 1 is 1.40 bits per heavy atom. The first kappa shape index (κ1) is 16.6. The van der Waals surface area contributed by atoms with Crippen molar-refractivity contribution in [2.24, 2.45) is 0 Å². The van der Waals surface area contributed by atoms with Crippen molar-refractivity contribution in [3.8, 4) is 0 Å². The van der Waals surface area contributed by atoms with Gasteiger partial charge in [-0.05, 0) is 18.1 Å². The summed E-state index contributed by atoms with van der Waals surface area (Å²) in [5, 5.41) is 12.8. The number of methoxy groups -OCH3 is 1. The van der Waals surface area contributed by atoms with Crippen LogP contribution in [0.1, 0.15) is 24.5 Å². The molecule has 2 N–H and O–H groups in total. The number of esters is 1. The Bertz CT molecular complexity index is 409. The van der Waals surface area contributed by atoms with Crippen molar-refractivity contribution in [2.75, 3.05) is 20.3 Å². The van der Waals surface area contributed by atoms with E-state index >= 15 is 0 Å². The van der Waals surface area contributed by atoms with E-state index in [1.165, 1.54) is 0 Å². The Kier molecular flexibility index (Phi) is 7.87. The molecule has 0 heterocycles. The van der Waals surface area contributed by atoms with Crippen LogP contribution < -0.4 is 5.32 Å². The summed E-state index contributed by atoms with van der Waals surface area (Å²) in [6.07, 6.45) is -0.707. The number of hydrogen-bond acceptors (Lipinski definition) is 5. The van der Waals surface area contributed by atoms with Crippen LogP contribution in [0.15, 0.2) is 24.3 Å². The van der Waals surface area contributed by atoms with Gasteiger partial charge in [0.2, 0.25) is 0 Å². The predicted octanol–water partition coefficient (Wildman–Crippen LogP) is 1.24. The van der Waals surface area contributed by atoms with Crippen LogP contribution in [0.25, 0.3) is 0 Å². The number of ether oxygens (including phenoxy) is 2. The average Bonchev–Trinajstić information content (AvgIpc) is 2.39.